The molecule has 12 heteroatoms. The molecule has 43 heavy (non-hydrogen) atoms. The molecule has 3 atom stereocenters. The lowest BCUT2D eigenvalue weighted by Gasteiger charge is -2.25. The number of ether oxygens (including phenoxy) is 4. The van der Waals surface area contributed by atoms with E-state index in [1.165, 1.54) is 5.57 Å². The van der Waals surface area contributed by atoms with E-state index < -0.39 is 30.0 Å². The molecule has 12 nitrogen and oxygen atoms in total. The summed E-state index contributed by atoms with van der Waals surface area (Å²) in [7, 11) is 0. The third-order valence-corrected chi connectivity index (χ3v) is 7.19. The van der Waals surface area contributed by atoms with Gasteiger partial charge < -0.3 is 40.6 Å². The van der Waals surface area contributed by atoms with E-state index in [4.69, 9.17) is 24.7 Å². The smallest absolute Gasteiger partial charge is 0.408 e. The summed E-state index contributed by atoms with van der Waals surface area (Å²) in [6.45, 7) is 6.50. The van der Waals surface area contributed by atoms with Crippen LogP contribution in [-0.2, 0) is 35.1 Å². The second-order valence-corrected chi connectivity index (χ2v) is 10.7. The molecule has 2 rings (SSSR count). The van der Waals surface area contributed by atoms with Crippen molar-refractivity contribution in [3.8, 4) is 0 Å². The van der Waals surface area contributed by atoms with Gasteiger partial charge in [0.25, 0.3) is 0 Å². The molecule has 0 spiro atoms. The molecule has 0 heterocycles. The molecule has 0 saturated carbocycles. The summed E-state index contributed by atoms with van der Waals surface area (Å²) in [5.74, 6) is -0.180. The van der Waals surface area contributed by atoms with Crippen LogP contribution in [0.2, 0.25) is 0 Å². The van der Waals surface area contributed by atoms with Crippen molar-refractivity contribution in [2.75, 3.05) is 46.1 Å². The number of nitrogens with one attached hydrogen (secondary N) is 3. The standard InChI is InChI=1S/C31H48N4O8/c1-23-7-6-8-24(2)26(12-11-23)22-43-30(38)34-16-18-41-20-19-40-17-15-33-29(37)27(13-14-28(32)36)35-31(39)42-21-25-9-4-3-5-10-25/h3-5,7,9-10,24,26-27H,6,8,11-22H2,1-2H3,(H2,32,36)(H,33,37)(H,34,38)(H,35,39)/b23-7-/t24-,26+,27?/m0/s1. The average Bonchev–Trinajstić information content (AvgIpc) is 2.98. The zero-order chi connectivity index (χ0) is 31.3. The van der Waals surface area contributed by atoms with Crippen molar-refractivity contribution in [1.29, 1.82) is 0 Å². The van der Waals surface area contributed by atoms with E-state index in [0.29, 0.717) is 44.8 Å². The number of hydrogen-bond donors (Lipinski definition) is 4. The molecule has 1 aliphatic rings. The monoisotopic (exact) mass is 604 g/mol. The highest BCUT2D eigenvalue weighted by molar-refractivity contribution is 5.86. The Morgan fingerprint density at radius 1 is 0.930 bits per heavy atom. The number of amides is 4. The first-order valence-corrected chi connectivity index (χ1v) is 15.0. The Hall–Kier alpha value is -3.64. The number of primary amides is 1. The van der Waals surface area contributed by atoms with Gasteiger partial charge >= 0.3 is 12.2 Å². The summed E-state index contributed by atoms with van der Waals surface area (Å²) >= 11 is 0. The molecule has 1 unspecified atom stereocenters. The van der Waals surface area contributed by atoms with E-state index in [2.05, 4.69) is 35.9 Å². The SMILES string of the molecule is C/C1=C/CC[C@H](C)[C@@H](COC(=O)NCCOCCOCCNC(=O)C(CCC(N)=O)NC(=O)OCc2ccccc2)CC1. The normalized spacial score (nSPS) is 18.6. The highest BCUT2D eigenvalue weighted by Crippen LogP contribution is 2.27. The van der Waals surface area contributed by atoms with Gasteiger partial charge in [0.05, 0.1) is 33.0 Å². The van der Waals surface area contributed by atoms with Gasteiger partial charge in [-0.25, -0.2) is 9.59 Å². The summed E-state index contributed by atoms with van der Waals surface area (Å²) in [6.07, 6.45) is 5.31. The summed E-state index contributed by atoms with van der Waals surface area (Å²) in [4.78, 5) is 48.0. The van der Waals surface area contributed by atoms with Crippen LogP contribution < -0.4 is 21.7 Å². The highest BCUT2D eigenvalue weighted by Gasteiger charge is 2.22. The van der Waals surface area contributed by atoms with Crippen LogP contribution in [-0.4, -0.2) is 76.2 Å². The Balaban J connectivity index is 1.52. The molecule has 0 fully saturated rings. The Labute approximate surface area is 254 Å². The van der Waals surface area contributed by atoms with Gasteiger partial charge in [0.15, 0.2) is 0 Å². The van der Waals surface area contributed by atoms with E-state index in [0.717, 1.165) is 31.2 Å². The largest absolute Gasteiger partial charge is 0.449 e. The molecule has 4 amide bonds. The fraction of sp³-hybridized carbons (Fsp3) is 0.613. The van der Waals surface area contributed by atoms with E-state index in [1.54, 1.807) is 0 Å². The minimum absolute atomic E-state index is 0.0366. The molecular formula is C31H48N4O8. The van der Waals surface area contributed by atoms with Crippen LogP contribution in [0.15, 0.2) is 42.0 Å². The van der Waals surface area contributed by atoms with E-state index in [1.807, 2.05) is 30.3 Å². The van der Waals surface area contributed by atoms with Crippen LogP contribution in [0.3, 0.4) is 0 Å². The molecule has 0 aliphatic heterocycles. The van der Waals surface area contributed by atoms with E-state index in [-0.39, 0.29) is 32.6 Å². The number of allylic oxidation sites excluding steroid dienone is 2. The summed E-state index contributed by atoms with van der Waals surface area (Å²) in [6, 6.07) is 8.13. The Bertz CT molecular complexity index is 1020. The van der Waals surface area contributed by atoms with Crippen molar-refractivity contribution in [3.05, 3.63) is 47.5 Å². The number of carbonyl (C=O) groups excluding carboxylic acids is 4. The van der Waals surface area contributed by atoms with Gasteiger partial charge in [0.2, 0.25) is 11.8 Å². The van der Waals surface area contributed by atoms with Gasteiger partial charge in [0.1, 0.15) is 12.6 Å². The van der Waals surface area contributed by atoms with E-state index >= 15 is 0 Å². The van der Waals surface area contributed by atoms with Crippen molar-refractivity contribution >= 4 is 24.0 Å². The summed E-state index contributed by atoms with van der Waals surface area (Å²) in [5, 5.41) is 7.85. The second kappa shape index (κ2) is 21.1. The van der Waals surface area contributed by atoms with Crippen molar-refractivity contribution in [2.24, 2.45) is 17.6 Å². The lowest BCUT2D eigenvalue weighted by molar-refractivity contribution is -0.123. The Morgan fingerprint density at radius 3 is 2.33 bits per heavy atom. The average molecular weight is 605 g/mol. The van der Waals surface area contributed by atoms with Crippen LogP contribution in [0.5, 0.6) is 0 Å². The molecule has 240 valence electrons. The van der Waals surface area contributed by atoms with Gasteiger partial charge in [-0.15, -0.1) is 0 Å². The second-order valence-electron chi connectivity index (χ2n) is 10.7. The lowest BCUT2D eigenvalue weighted by Crippen LogP contribution is -2.48. The van der Waals surface area contributed by atoms with Crippen LogP contribution in [0, 0.1) is 11.8 Å². The molecule has 1 aromatic rings. The molecular weight excluding hydrogens is 556 g/mol. The van der Waals surface area contributed by atoms with Gasteiger partial charge in [-0.05, 0) is 56.4 Å². The molecule has 0 radical (unpaired) electrons. The first-order valence-electron chi connectivity index (χ1n) is 15.0. The maximum atomic E-state index is 12.6. The molecule has 0 bridgehead atoms. The topological polar surface area (TPSA) is 167 Å². The molecule has 1 aromatic carbocycles. The van der Waals surface area contributed by atoms with Gasteiger partial charge in [-0.1, -0.05) is 48.9 Å². The molecule has 0 aromatic heterocycles. The predicted molar refractivity (Wildman–Crippen MR) is 161 cm³/mol. The number of alkyl carbamates (subject to hydrolysis) is 2. The van der Waals surface area contributed by atoms with Crippen LogP contribution in [0.25, 0.3) is 0 Å². The van der Waals surface area contributed by atoms with Crippen LogP contribution in [0.1, 0.15) is 57.9 Å². The third kappa shape index (κ3) is 16.5. The van der Waals surface area contributed by atoms with Crippen molar-refractivity contribution in [3.63, 3.8) is 0 Å². The highest BCUT2D eigenvalue weighted by atomic mass is 16.6. The lowest BCUT2D eigenvalue weighted by atomic mass is 9.84. The number of hydrogen-bond acceptors (Lipinski definition) is 8. The molecule has 5 N–H and O–H groups in total. The zero-order valence-electron chi connectivity index (χ0n) is 25.4. The number of benzene rings is 1. The first kappa shape index (κ1) is 35.6. The van der Waals surface area contributed by atoms with Crippen LogP contribution >= 0.6 is 0 Å². The van der Waals surface area contributed by atoms with Gasteiger partial charge in [-0.2, -0.15) is 0 Å². The van der Waals surface area contributed by atoms with Crippen molar-refractivity contribution < 1.29 is 38.1 Å². The Kier molecular flexibility index (Phi) is 17.5. The summed E-state index contributed by atoms with van der Waals surface area (Å²) < 4.78 is 21.5. The summed E-state index contributed by atoms with van der Waals surface area (Å²) in [5.41, 5.74) is 7.41. The zero-order valence-corrected chi connectivity index (χ0v) is 25.4. The van der Waals surface area contributed by atoms with Gasteiger partial charge in [0, 0.05) is 19.5 Å². The van der Waals surface area contributed by atoms with E-state index in [9.17, 15) is 19.2 Å². The predicted octanol–water partition coefficient (Wildman–Crippen LogP) is 3.20. The maximum Gasteiger partial charge on any atom is 0.408 e. The molecule has 1 aliphatic carbocycles. The van der Waals surface area contributed by atoms with Crippen molar-refractivity contribution in [1.82, 2.24) is 16.0 Å². The molecule has 0 saturated heterocycles. The van der Waals surface area contributed by atoms with Crippen molar-refractivity contribution in [2.45, 2.75) is 65.0 Å². The fourth-order valence-electron chi connectivity index (χ4n) is 4.49. The maximum absolute atomic E-state index is 12.6. The minimum atomic E-state index is -0.986. The Morgan fingerprint density at radius 2 is 1.63 bits per heavy atom. The first-order chi connectivity index (χ1) is 20.7. The van der Waals surface area contributed by atoms with Crippen LogP contribution in [0.4, 0.5) is 9.59 Å². The fourth-order valence-corrected chi connectivity index (χ4v) is 4.49. The van der Waals surface area contributed by atoms with Gasteiger partial charge in [-0.3, -0.25) is 9.59 Å². The number of nitrogens with two attached hydrogens (primary N) is 1. The minimum Gasteiger partial charge on any atom is -0.449 e. The quantitative estimate of drug-likeness (QED) is 0.146. The third-order valence-electron chi connectivity index (χ3n) is 7.19. The number of rotatable bonds is 18. The number of carbonyl (C=O) groups is 4.